The summed E-state index contributed by atoms with van der Waals surface area (Å²) in [6.07, 6.45) is 1.89. The van der Waals surface area contributed by atoms with Crippen LogP contribution in [0.4, 0.5) is 4.79 Å². The van der Waals surface area contributed by atoms with E-state index in [9.17, 15) is 14.4 Å². The Morgan fingerprint density at radius 3 is 2.18 bits per heavy atom. The van der Waals surface area contributed by atoms with E-state index in [1.165, 1.54) is 6.92 Å². The molecule has 1 unspecified atom stereocenters. The molecule has 274 valence electrons. The highest BCUT2D eigenvalue weighted by Gasteiger charge is 2.43. The molecule has 1 saturated heterocycles. The zero-order chi connectivity index (χ0) is 37.0. The van der Waals surface area contributed by atoms with E-state index >= 15 is 0 Å². The number of hydrogen-bond acceptors (Lipinski definition) is 7. The van der Waals surface area contributed by atoms with Crippen molar-refractivity contribution < 1.29 is 28.6 Å². The molecule has 0 aromatic heterocycles. The number of rotatable bonds is 12. The Labute approximate surface area is 315 Å². The lowest BCUT2D eigenvalue weighted by molar-refractivity contribution is -0.139. The molecule has 51 heavy (non-hydrogen) atoms. The van der Waals surface area contributed by atoms with Crippen LogP contribution in [0.5, 0.6) is 11.5 Å². The van der Waals surface area contributed by atoms with Gasteiger partial charge in [-0.3, -0.25) is 9.59 Å². The van der Waals surface area contributed by atoms with Crippen molar-refractivity contribution in [2.45, 2.75) is 84.0 Å². The third-order valence-corrected chi connectivity index (χ3v) is 10.0. The maximum absolute atomic E-state index is 14.7. The molecule has 2 fully saturated rings. The number of likely N-dealkylation sites (tertiary alicyclic amines) is 1. The van der Waals surface area contributed by atoms with Crippen LogP contribution in [0.2, 0.25) is 15.1 Å². The number of benzene rings is 3. The molecular weight excluding hydrogens is 713 g/mol. The van der Waals surface area contributed by atoms with Crippen molar-refractivity contribution in [2.24, 2.45) is 11.7 Å². The lowest BCUT2D eigenvalue weighted by atomic mass is 9.79. The third kappa shape index (κ3) is 10.1. The Hall–Kier alpha value is -3.50. The quantitative estimate of drug-likeness (QED) is 0.184. The molecule has 0 bridgehead atoms. The summed E-state index contributed by atoms with van der Waals surface area (Å²) in [5, 5.41) is 1.38. The summed E-state index contributed by atoms with van der Waals surface area (Å²) >= 11 is 19.2. The van der Waals surface area contributed by atoms with Gasteiger partial charge in [0.15, 0.2) is 11.5 Å². The zero-order valence-electron chi connectivity index (χ0n) is 29.7. The molecule has 5 rings (SSSR count). The first-order valence-corrected chi connectivity index (χ1v) is 18.4. The second-order valence-electron chi connectivity index (χ2n) is 14.4. The molecule has 1 aliphatic heterocycles. The number of aryl methyl sites for hydroxylation is 1. The summed E-state index contributed by atoms with van der Waals surface area (Å²) in [6, 6.07) is 15.9. The lowest BCUT2D eigenvalue weighted by Gasteiger charge is -2.40. The minimum absolute atomic E-state index is 0.0546. The highest BCUT2D eigenvalue weighted by Crippen LogP contribution is 2.39. The molecular formula is C39H46Cl3N3O6. The summed E-state index contributed by atoms with van der Waals surface area (Å²) in [6.45, 7) is 10.3. The van der Waals surface area contributed by atoms with Gasteiger partial charge in [0, 0.05) is 30.7 Å². The van der Waals surface area contributed by atoms with Gasteiger partial charge in [0.2, 0.25) is 5.91 Å². The Bertz CT molecular complexity index is 1720. The molecule has 1 saturated carbocycles. The Balaban J connectivity index is 1.33. The average Bonchev–Trinajstić information content (AvgIpc) is 3.91. The van der Waals surface area contributed by atoms with Crippen molar-refractivity contribution in [1.29, 1.82) is 0 Å². The fraction of sp³-hybridized carbons (Fsp3) is 0.462. The van der Waals surface area contributed by atoms with E-state index in [0.29, 0.717) is 45.1 Å². The lowest BCUT2D eigenvalue weighted by Crippen LogP contribution is -2.51. The Morgan fingerprint density at radius 2 is 1.57 bits per heavy atom. The van der Waals surface area contributed by atoms with Crippen molar-refractivity contribution in [1.82, 2.24) is 9.80 Å². The van der Waals surface area contributed by atoms with Crippen LogP contribution in [0.1, 0.15) is 81.2 Å². The number of carbonyl (C=O) groups excluding carboxylic acids is 3. The first kappa shape index (κ1) is 38.7. The molecule has 0 radical (unpaired) electrons. The van der Waals surface area contributed by atoms with Gasteiger partial charge < -0.3 is 29.7 Å². The highest BCUT2D eigenvalue weighted by molar-refractivity contribution is 6.37. The van der Waals surface area contributed by atoms with Gasteiger partial charge >= 0.3 is 6.09 Å². The molecule has 9 nitrogen and oxygen atoms in total. The molecule has 2 amide bonds. The predicted octanol–water partition coefficient (Wildman–Crippen LogP) is 8.53. The van der Waals surface area contributed by atoms with E-state index in [2.05, 4.69) is 0 Å². The van der Waals surface area contributed by atoms with Crippen LogP contribution in [0.15, 0.2) is 54.6 Å². The summed E-state index contributed by atoms with van der Waals surface area (Å²) in [4.78, 5) is 43.4. The maximum Gasteiger partial charge on any atom is 0.410 e. The van der Waals surface area contributed by atoms with Crippen LogP contribution < -0.4 is 15.2 Å². The van der Waals surface area contributed by atoms with E-state index in [1.54, 1.807) is 29.2 Å². The molecule has 1 heterocycles. The van der Waals surface area contributed by atoms with Crippen LogP contribution in [0.25, 0.3) is 0 Å². The molecule has 3 aromatic carbocycles. The predicted molar refractivity (Wildman–Crippen MR) is 200 cm³/mol. The van der Waals surface area contributed by atoms with Crippen molar-refractivity contribution in [3.05, 3.63) is 91.9 Å². The number of amides is 2. The van der Waals surface area contributed by atoms with E-state index in [-0.39, 0.29) is 50.0 Å². The first-order chi connectivity index (χ1) is 24.1. The average molecular weight is 759 g/mol. The van der Waals surface area contributed by atoms with Crippen molar-refractivity contribution in [3.8, 4) is 11.5 Å². The summed E-state index contributed by atoms with van der Waals surface area (Å²) in [5.74, 6) is 0.166. The Morgan fingerprint density at radius 1 is 0.922 bits per heavy atom. The molecule has 1 aliphatic carbocycles. The minimum atomic E-state index is -0.777. The first-order valence-electron chi connectivity index (χ1n) is 17.2. The van der Waals surface area contributed by atoms with Crippen molar-refractivity contribution in [3.63, 3.8) is 0 Å². The molecule has 2 aliphatic rings. The van der Waals surface area contributed by atoms with E-state index in [0.717, 1.165) is 29.5 Å². The van der Waals surface area contributed by atoms with Gasteiger partial charge in [-0.25, -0.2) is 4.79 Å². The SMILES string of the molecule is CC(=O)C(N)c1ccc(Cl)c(CN(C(=O)[C@H]2CN(C(=O)OC(C)(C)C)CC[C@@H]2c2ccc(OCCOc3c(Cl)cc(C)cc3Cl)cc2)C2CC2)c1. The van der Waals surface area contributed by atoms with E-state index in [1.807, 2.05) is 62.9 Å². The van der Waals surface area contributed by atoms with Crippen LogP contribution in [0, 0.1) is 12.8 Å². The normalized spacial score (nSPS) is 18.2. The third-order valence-electron chi connectivity index (χ3n) is 9.11. The van der Waals surface area contributed by atoms with Crippen molar-refractivity contribution in [2.75, 3.05) is 26.3 Å². The number of Topliss-reactive ketones (excluding diaryl/α,β-unsaturated/α-hetero) is 1. The fourth-order valence-corrected chi connectivity index (χ4v) is 7.23. The molecule has 0 spiro atoms. The number of ketones is 1. The van der Waals surface area contributed by atoms with Gasteiger partial charge in [0.25, 0.3) is 0 Å². The van der Waals surface area contributed by atoms with Gasteiger partial charge in [-0.05, 0) is 112 Å². The molecule has 12 heteroatoms. The van der Waals surface area contributed by atoms with Gasteiger partial charge in [-0.1, -0.05) is 59.1 Å². The number of hydrogen-bond donors (Lipinski definition) is 1. The molecule has 2 N–H and O–H groups in total. The monoisotopic (exact) mass is 757 g/mol. The van der Waals surface area contributed by atoms with Gasteiger partial charge in [-0.2, -0.15) is 0 Å². The number of nitrogens with zero attached hydrogens (tertiary/aromatic N) is 2. The maximum atomic E-state index is 14.7. The number of nitrogens with two attached hydrogens (primary N) is 1. The van der Waals surface area contributed by atoms with Crippen LogP contribution >= 0.6 is 34.8 Å². The fourth-order valence-electron chi connectivity index (χ4n) is 6.35. The summed E-state index contributed by atoms with van der Waals surface area (Å²) < 4.78 is 17.4. The summed E-state index contributed by atoms with van der Waals surface area (Å²) in [5.41, 5.74) is 8.76. The van der Waals surface area contributed by atoms with Crippen LogP contribution in [-0.4, -0.2) is 65.5 Å². The minimum Gasteiger partial charge on any atom is -0.490 e. The topological polar surface area (TPSA) is 111 Å². The van der Waals surface area contributed by atoms with Crippen LogP contribution in [0.3, 0.4) is 0 Å². The molecule has 3 aromatic rings. The standard InChI is InChI=1S/C39H46Cl3N3O6/c1-23-18-33(41)36(34(42)19-23)50-17-16-49-29-11-6-25(7-12-29)30-14-15-44(38(48)51-39(3,4)5)22-31(30)37(47)45(28-9-10-28)21-27-20-26(8-13-32(27)40)35(43)24(2)46/h6-8,11-13,18-20,28,30-31,35H,9-10,14-17,21-22,43H2,1-5H3/t30-,31+,35?/m1/s1. The van der Waals surface area contributed by atoms with E-state index in [4.69, 9.17) is 54.7 Å². The second-order valence-corrected chi connectivity index (χ2v) is 15.6. The second kappa shape index (κ2) is 16.4. The molecule has 3 atom stereocenters. The smallest absolute Gasteiger partial charge is 0.410 e. The number of piperidine rings is 1. The van der Waals surface area contributed by atoms with Gasteiger partial charge in [-0.15, -0.1) is 0 Å². The van der Waals surface area contributed by atoms with Crippen molar-refractivity contribution >= 4 is 52.6 Å². The van der Waals surface area contributed by atoms with Gasteiger partial charge in [0.05, 0.1) is 22.0 Å². The van der Waals surface area contributed by atoms with E-state index < -0.39 is 23.7 Å². The zero-order valence-corrected chi connectivity index (χ0v) is 32.0. The Kier molecular flexibility index (Phi) is 12.5. The number of halogens is 3. The van der Waals surface area contributed by atoms with Gasteiger partial charge in [0.1, 0.15) is 24.6 Å². The largest absolute Gasteiger partial charge is 0.490 e. The summed E-state index contributed by atoms with van der Waals surface area (Å²) in [7, 11) is 0. The number of ether oxygens (including phenoxy) is 3. The number of carbonyl (C=O) groups is 3. The highest BCUT2D eigenvalue weighted by atomic mass is 35.5. The van der Waals surface area contributed by atoms with Crippen LogP contribution in [-0.2, 0) is 20.9 Å².